The van der Waals surface area contributed by atoms with Gasteiger partial charge in [0, 0.05) is 39.9 Å². The molecule has 1 N–H and O–H groups in total. The minimum absolute atomic E-state index is 0.0978. The topological polar surface area (TPSA) is 72.3 Å². The number of amides is 2. The monoisotopic (exact) mass is 351 g/mol. The van der Waals surface area contributed by atoms with Crippen LogP contribution in [0, 0.1) is 11.3 Å². The third kappa shape index (κ3) is 5.49. The number of rotatable bonds is 7. The van der Waals surface area contributed by atoms with Gasteiger partial charge < -0.3 is 15.1 Å². The maximum Gasteiger partial charge on any atom is 0.317 e. The van der Waals surface area contributed by atoms with Crippen molar-refractivity contribution in [3.8, 4) is 6.07 Å². The summed E-state index contributed by atoms with van der Waals surface area (Å²) < 4.78 is 0. The molecule has 0 saturated heterocycles. The number of benzene rings is 1. The number of anilines is 1. The fourth-order valence-electron chi connectivity index (χ4n) is 2.53. The number of hydrogen-bond donors (Lipinski definition) is 1. The Balaban J connectivity index is 1.99. The van der Waals surface area contributed by atoms with Crippen molar-refractivity contribution in [3.05, 3.63) is 59.3 Å². The molecule has 2 amide bonds. The summed E-state index contributed by atoms with van der Waals surface area (Å²) >= 11 is 0. The van der Waals surface area contributed by atoms with Crippen LogP contribution >= 0.6 is 0 Å². The molecule has 0 aliphatic carbocycles. The van der Waals surface area contributed by atoms with E-state index in [1.54, 1.807) is 23.2 Å². The number of carbonyl (C=O) groups excluding carboxylic acids is 1. The van der Waals surface area contributed by atoms with E-state index in [0.29, 0.717) is 25.2 Å². The highest BCUT2D eigenvalue weighted by atomic mass is 16.2. The molecular formula is C20H25N5O. The number of carbonyl (C=O) groups is 1. The number of nitrogens with one attached hydrogen (secondary N) is 1. The van der Waals surface area contributed by atoms with Crippen LogP contribution in [0.4, 0.5) is 10.6 Å². The van der Waals surface area contributed by atoms with E-state index in [4.69, 9.17) is 5.26 Å². The molecule has 6 nitrogen and oxygen atoms in total. The molecule has 0 spiro atoms. The van der Waals surface area contributed by atoms with Gasteiger partial charge in [0.05, 0.1) is 11.6 Å². The SMILES string of the molecule is CCCN(Cc1ccc(C#N)cc1)C(=O)NCc1ccnc(N(C)C)c1. The van der Waals surface area contributed by atoms with Gasteiger partial charge in [0.15, 0.2) is 0 Å². The molecule has 6 heteroatoms. The van der Waals surface area contributed by atoms with Crippen molar-refractivity contribution in [1.29, 1.82) is 5.26 Å². The predicted octanol–water partition coefficient (Wildman–Crippen LogP) is 3.14. The minimum Gasteiger partial charge on any atom is -0.363 e. The Hall–Kier alpha value is -3.07. The number of nitriles is 1. The summed E-state index contributed by atoms with van der Waals surface area (Å²) in [6, 6.07) is 13.2. The summed E-state index contributed by atoms with van der Waals surface area (Å²) in [5, 5.41) is 11.9. The van der Waals surface area contributed by atoms with Crippen molar-refractivity contribution >= 4 is 11.8 Å². The minimum atomic E-state index is -0.0978. The molecule has 0 radical (unpaired) electrons. The predicted molar refractivity (Wildman–Crippen MR) is 103 cm³/mol. The van der Waals surface area contributed by atoms with Crippen molar-refractivity contribution in [3.63, 3.8) is 0 Å². The number of pyridine rings is 1. The molecule has 136 valence electrons. The van der Waals surface area contributed by atoms with Crippen LogP contribution in [0.3, 0.4) is 0 Å². The van der Waals surface area contributed by atoms with Gasteiger partial charge in [-0.25, -0.2) is 9.78 Å². The summed E-state index contributed by atoms with van der Waals surface area (Å²) in [5.41, 5.74) is 2.63. The van der Waals surface area contributed by atoms with Gasteiger partial charge in [-0.3, -0.25) is 0 Å². The summed E-state index contributed by atoms with van der Waals surface area (Å²) in [5.74, 6) is 0.861. The number of nitrogens with zero attached hydrogens (tertiary/aromatic N) is 4. The van der Waals surface area contributed by atoms with Crippen LogP contribution in [0.15, 0.2) is 42.6 Å². The molecule has 0 bridgehead atoms. The van der Waals surface area contributed by atoms with Crippen molar-refractivity contribution in [2.45, 2.75) is 26.4 Å². The summed E-state index contributed by atoms with van der Waals surface area (Å²) in [6.45, 7) is 3.69. The molecule has 1 aromatic carbocycles. The molecule has 2 rings (SSSR count). The molecule has 1 aromatic heterocycles. The zero-order valence-corrected chi connectivity index (χ0v) is 15.6. The van der Waals surface area contributed by atoms with E-state index < -0.39 is 0 Å². The normalized spacial score (nSPS) is 10.1. The van der Waals surface area contributed by atoms with Crippen LogP contribution < -0.4 is 10.2 Å². The molecule has 0 unspecified atom stereocenters. The van der Waals surface area contributed by atoms with Crippen molar-refractivity contribution < 1.29 is 4.79 Å². The van der Waals surface area contributed by atoms with E-state index in [0.717, 1.165) is 23.4 Å². The largest absolute Gasteiger partial charge is 0.363 e. The van der Waals surface area contributed by atoms with Gasteiger partial charge in [0.25, 0.3) is 0 Å². The zero-order valence-electron chi connectivity index (χ0n) is 15.6. The van der Waals surface area contributed by atoms with E-state index in [-0.39, 0.29) is 6.03 Å². The molecule has 2 aromatic rings. The van der Waals surface area contributed by atoms with Gasteiger partial charge in [0.2, 0.25) is 0 Å². The lowest BCUT2D eigenvalue weighted by atomic mass is 10.1. The lowest BCUT2D eigenvalue weighted by Gasteiger charge is -2.23. The van der Waals surface area contributed by atoms with Crippen LogP contribution in [0.1, 0.15) is 30.0 Å². The molecule has 0 atom stereocenters. The molecule has 0 aliphatic heterocycles. The summed E-state index contributed by atoms with van der Waals surface area (Å²) in [4.78, 5) is 20.6. The molecule has 1 heterocycles. The van der Waals surface area contributed by atoms with Gasteiger partial charge in [-0.2, -0.15) is 5.26 Å². The Morgan fingerprint density at radius 2 is 1.92 bits per heavy atom. The van der Waals surface area contributed by atoms with Crippen LogP contribution in [-0.2, 0) is 13.1 Å². The van der Waals surface area contributed by atoms with Crippen molar-refractivity contribution in [2.75, 3.05) is 25.5 Å². The van der Waals surface area contributed by atoms with E-state index in [1.165, 1.54) is 0 Å². The Morgan fingerprint density at radius 1 is 1.19 bits per heavy atom. The van der Waals surface area contributed by atoms with Crippen LogP contribution in [-0.4, -0.2) is 36.6 Å². The Labute approximate surface area is 155 Å². The number of aromatic nitrogens is 1. The third-order valence-corrected chi connectivity index (χ3v) is 3.95. The molecule has 0 fully saturated rings. The first-order chi connectivity index (χ1) is 12.5. The molecule has 0 aliphatic rings. The Kier molecular flexibility index (Phi) is 6.98. The Bertz CT molecular complexity index is 765. The second-order valence-corrected chi connectivity index (χ2v) is 6.31. The smallest absolute Gasteiger partial charge is 0.317 e. The second kappa shape index (κ2) is 9.42. The maximum absolute atomic E-state index is 12.6. The number of urea groups is 1. The first-order valence-corrected chi connectivity index (χ1v) is 8.67. The van der Waals surface area contributed by atoms with Crippen molar-refractivity contribution in [1.82, 2.24) is 15.2 Å². The van der Waals surface area contributed by atoms with Gasteiger partial charge in [-0.15, -0.1) is 0 Å². The number of hydrogen-bond acceptors (Lipinski definition) is 4. The fraction of sp³-hybridized carbons (Fsp3) is 0.350. The highest BCUT2D eigenvalue weighted by molar-refractivity contribution is 5.74. The van der Waals surface area contributed by atoms with Crippen molar-refractivity contribution in [2.24, 2.45) is 0 Å². The molecular weight excluding hydrogens is 326 g/mol. The lowest BCUT2D eigenvalue weighted by molar-refractivity contribution is 0.194. The van der Waals surface area contributed by atoms with Crippen LogP contribution in [0.25, 0.3) is 0 Å². The highest BCUT2D eigenvalue weighted by Crippen LogP contribution is 2.11. The first kappa shape index (κ1) is 19.3. The zero-order chi connectivity index (χ0) is 18.9. The molecule has 0 saturated carbocycles. The fourth-order valence-corrected chi connectivity index (χ4v) is 2.53. The highest BCUT2D eigenvalue weighted by Gasteiger charge is 2.13. The maximum atomic E-state index is 12.6. The van der Waals surface area contributed by atoms with Gasteiger partial charge in [-0.1, -0.05) is 19.1 Å². The second-order valence-electron chi connectivity index (χ2n) is 6.31. The summed E-state index contributed by atoms with van der Waals surface area (Å²) in [7, 11) is 3.87. The van der Waals surface area contributed by atoms with E-state index in [9.17, 15) is 4.79 Å². The van der Waals surface area contributed by atoms with E-state index in [2.05, 4.69) is 16.4 Å². The molecule has 26 heavy (non-hydrogen) atoms. The third-order valence-electron chi connectivity index (χ3n) is 3.95. The van der Waals surface area contributed by atoms with Gasteiger partial charge in [-0.05, 0) is 41.8 Å². The van der Waals surface area contributed by atoms with E-state index in [1.807, 2.05) is 50.2 Å². The van der Waals surface area contributed by atoms with Crippen LogP contribution in [0.2, 0.25) is 0 Å². The average Bonchev–Trinajstić information content (AvgIpc) is 2.66. The average molecular weight is 351 g/mol. The first-order valence-electron chi connectivity index (χ1n) is 8.67. The Morgan fingerprint density at radius 3 is 2.54 bits per heavy atom. The van der Waals surface area contributed by atoms with Gasteiger partial charge in [0.1, 0.15) is 5.82 Å². The lowest BCUT2D eigenvalue weighted by Crippen LogP contribution is -2.39. The van der Waals surface area contributed by atoms with Crippen LogP contribution in [0.5, 0.6) is 0 Å². The van der Waals surface area contributed by atoms with E-state index >= 15 is 0 Å². The quantitative estimate of drug-likeness (QED) is 0.832. The summed E-state index contributed by atoms with van der Waals surface area (Å²) in [6.07, 6.45) is 2.63. The van der Waals surface area contributed by atoms with Gasteiger partial charge >= 0.3 is 6.03 Å². The standard InChI is InChI=1S/C20H25N5O/c1-4-11-25(15-17-7-5-16(13-21)6-8-17)20(26)23-14-18-9-10-22-19(12-18)24(2)3/h5-10,12H,4,11,14-15H2,1-3H3,(H,23,26).